The van der Waals surface area contributed by atoms with Crippen LogP contribution in [0.2, 0.25) is 0 Å². The summed E-state index contributed by atoms with van der Waals surface area (Å²) in [4.78, 5) is 40.4. The van der Waals surface area contributed by atoms with Crippen molar-refractivity contribution in [2.24, 2.45) is 7.05 Å². The molecule has 0 unspecified atom stereocenters. The second-order valence-electron chi connectivity index (χ2n) is 7.09. The fourth-order valence-electron chi connectivity index (χ4n) is 3.26. The third kappa shape index (κ3) is 4.23. The standard InChI is InChI=1S/C23H19N3O5/c1-26-21(28)17(11-14-7-9-16(10-8-14)23(29)30)12-18-22(26)31-20(25-18)19(27)24-13-15-5-3-2-4-6-15/h2-10,12H,11,13H2,1H3,(H,24,27)(H,29,30). The Hall–Kier alpha value is -4.20. The molecule has 1 amide bonds. The molecule has 2 aromatic heterocycles. The summed E-state index contributed by atoms with van der Waals surface area (Å²) in [5.41, 5.74) is 2.69. The number of carboxylic acids is 1. The van der Waals surface area contributed by atoms with Crippen molar-refractivity contribution in [2.75, 3.05) is 0 Å². The SMILES string of the molecule is Cn1c(=O)c(Cc2ccc(C(=O)O)cc2)cc2nc(C(=O)NCc3ccccc3)oc21. The Morgan fingerprint density at radius 1 is 1.06 bits per heavy atom. The molecule has 2 N–H and O–H groups in total. The van der Waals surface area contributed by atoms with Crippen LogP contribution in [0.5, 0.6) is 0 Å². The third-order valence-corrected chi connectivity index (χ3v) is 4.91. The fourth-order valence-corrected chi connectivity index (χ4v) is 3.26. The number of pyridine rings is 1. The molecule has 4 rings (SSSR count). The van der Waals surface area contributed by atoms with Gasteiger partial charge in [-0.3, -0.25) is 14.2 Å². The molecule has 0 bridgehead atoms. The van der Waals surface area contributed by atoms with Crippen molar-refractivity contribution in [1.29, 1.82) is 0 Å². The van der Waals surface area contributed by atoms with Gasteiger partial charge in [0.1, 0.15) is 5.52 Å². The number of carboxylic acid groups (broad SMARTS) is 1. The number of amides is 1. The van der Waals surface area contributed by atoms with Crippen LogP contribution in [0, 0.1) is 0 Å². The van der Waals surface area contributed by atoms with Gasteiger partial charge in [0.15, 0.2) is 0 Å². The van der Waals surface area contributed by atoms with E-state index in [4.69, 9.17) is 9.52 Å². The van der Waals surface area contributed by atoms with Gasteiger partial charge in [0.2, 0.25) is 5.71 Å². The molecular formula is C23H19N3O5. The Morgan fingerprint density at radius 2 is 1.77 bits per heavy atom. The maximum Gasteiger partial charge on any atom is 0.335 e. The largest absolute Gasteiger partial charge is 0.478 e. The number of hydrogen-bond acceptors (Lipinski definition) is 5. The van der Waals surface area contributed by atoms with Gasteiger partial charge in [-0.25, -0.2) is 9.78 Å². The highest BCUT2D eigenvalue weighted by Gasteiger charge is 2.18. The number of fused-ring (bicyclic) bond motifs is 1. The van der Waals surface area contributed by atoms with Crippen LogP contribution in [0.1, 0.15) is 37.7 Å². The van der Waals surface area contributed by atoms with E-state index in [-0.39, 0.29) is 22.7 Å². The van der Waals surface area contributed by atoms with E-state index < -0.39 is 11.9 Å². The summed E-state index contributed by atoms with van der Waals surface area (Å²) in [5, 5.41) is 11.8. The summed E-state index contributed by atoms with van der Waals surface area (Å²) in [6.07, 6.45) is 0.297. The molecule has 8 heteroatoms. The Kier molecular flexibility index (Phi) is 5.36. The van der Waals surface area contributed by atoms with E-state index in [9.17, 15) is 14.4 Å². The van der Waals surface area contributed by atoms with Crippen molar-refractivity contribution in [3.63, 3.8) is 0 Å². The highest BCUT2D eigenvalue weighted by atomic mass is 16.4. The van der Waals surface area contributed by atoms with E-state index in [1.54, 1.807) is 25.2 Å². The molecule has 2 heterocycles. The molecule has 8 nitrogen and oxygen atoms in total. The minimum Gasteiger partial charge on any atom is -0.478 e. The number of aromatic carboxylic acids is 1. The van der Waals surface area contributed by atoms with Gasteiger partial charge in [-0.2, -0.15) is 0 Å². The van der Waals surface area contributed by atoms with Crippen LogP contribution in [0.15, 0.2) is 69.9 Å². The molecule has 0 radical (unpaired) electrons. The zero-order valence-electron chi connectivity index (χ0n) is 16.7. The predicted molar refractivity (Wildman–Crippen MR) is 113 cm³/mol. The Morgan fingerprint density at radius 3 is 2.45 bits per heavy atom. The first-order valence-corrected chi connectivity index (χ1v) is 9.56. The van der Waals surface area contributed by atoms with E-state index in [0.717, 1.165) is 11.1 Å². The highest BCUT2D eigenvalue weighted by Crippen LogP contribution is 2.17. The first-order chi connectivity index (χ1) is 14.9. The number of benzene rings is 2. The quantitative estimate of drug-likeness (QED) is 0.499. The second kappa shape index (κ2) is 8.27. The molecule has 0 fully saturated rings. The van der Waals surface area contributed by atoms with E-state index in [2.05, 4.69) is 10.3 Å². The Balaban J connectivity index is 1.58. The number of hydrogen-bond donors (Lipinski definition) is 2. The van der Waals surface area contributed by atoms with Crippen molar-refractivity contribution in [1.82, 2.24) is 14.9 Å². The average Bonchev–Trinajstić information content (AvgIpc) is 3.21. The van der Waals surface area contributed by atoms with Gasteiger partial charge in [-0.05, 0) is 29.3 Å². The predicted octanol–water partition coefficient (Wildman–Crippen LogP) is 2.75. The molecule has 0 aliphatic heterocycles. The molecule has 2 aromatic carbocycles. The summed E-state index contributed by atoms with van der Waals surface area (Å²) < 4.78 is 6.87. The molecule has 4 aromatic rings. The molecule has 0 spiro atoms. The van der Waals surface area contributed by atoms with Crippen LogP contribution in [-0.4, -0.2) is 26.5 Å². The lowest BCUT2D eigenvalue weighted by Gasteiger charge is -2.05. The van der Waals surface area contributed by atoms with Gasteiger partial charge < -0.3 is 14.8 Å². The molecule has 156 valence electrons. The molecule has 0 atom stereocenters. The van der Waals surface area contributed by atoms with Crippen LogP contribution in [0.4, 0.5) is 0 Å². The van der Waals surface area contributed by atoms with Gasteiger partial charge in [0.05, 0.1) is 5.56 Å². The monoisotopic (exact) mass is 417 g/mol. The smallest absolute Gasteiger partial charge is 0.335 e. The number of carbonyl (C=O) groups excluding carboxylic acids is 1. The molecular weight excluding hydrogens is 398 g/mol. The number of carbonyl (C=O) groups is 2. The van der Waals surface area contributed by atoms with Crippen LogP contribution < -0.4 is 10.9 Å². The maximum absolute atomic E-state index is 12.7. The lowest BCUT2D eigenvalue weighted by molar-refractivity contribution is 0.0696. The zero-order chi connectivity index (χ0) is 22.0. The van der Waals surface area contributed by atoms with Crippen molar-refractivity contribution in [3.05, 3.63) is 99.2 Å². The summed E-state index contributed by atoms with van der Waals surface area (Å²) in [7, 11) is 1.55. The zero-order valence-corrected chi connectivity index (χ0v) is 16.7. The Labute approximate surface area is 176 Å². The topological polar surface area (TPSA) is 114 Å². The number of aromatic nitrogens is 2. The van der Waals surface area contributed by atoms with Gasteiger partial charge in [0.25, 0.3) is 11.4 Å². The average molecular weight is 417 g/mol. The number of rotatable bonds is 6. The van der Waals surface area contributed by atoms with Crippen molar-refractivity contribution < 1.29 is 19.1 Å². The van der Waals surface area contributed by atoms with E-state index in [0.29, 0.717) is 24.0 Å². The van der Waals surface area contributed by atoms with Crippen molar-refractivity contribution in [3.8, 4) is 0 Å². The first-order valence-electron chi connectivity index (χ1n) is 9.56. The van der Waals surface area contributed by atoms with Gasteiger partial charge in [-0.15, -0.1) is 0 Å². The molecule has 0 aliphatic carbocycles. The number of oxazole rings is 1. The summed E-state index contributed by atoms with van der Waals surface area (Å²) in [6, 6.07) is 17.4. The maximum atomic E-state index is 12.7. The lowest BCUT2D eigenvalue weighted by Crippen LogP contribution is -2.23. The normalized spacial score (nSPS) is 10.9. The number of aryl methyl sites for hydroxylation is 1. The van der Waals surface area contributed by atoms with Crippen LogP contribution in [0.3, 0.4) is 0 Å². The van der Waals surface area contributed by atoms with E-state index in [1.807, 2.05) is 30.3 Å². The number of nitrogens with one attached hydrogen (secondary N) is 1. The van der Waals surface area contributed by atoms with Crippen LogP contribution in [0.25, 0.3) is 11.2 Å². The molecule has 31 heavy (non-hydrogen) atoms. The summed E-state index contributed by atoms with van der Waals surface area (Å²) in [6.45, 7) is 0.328. The third-order valence-electron chi connectivity index (χ3n) is 4.91. The minimum atomic E-state index is -1.01. The van der Waals surface area contributed by atoms with Crippen LogP contribution in [-0.2, 0) is 20.0 Å². The first kappa shape index (κ1) is 20.1. The highest BCUT2D eigenvalue weighted by molar-refractivity contribution is 5.92. The summed E-state index contributed by atoms with van der Waals surface area (Å²) in [5.74, 6) is -1.60. The van der Waals surface area contributed by atoms with Crippen molar-refractivity contribution in [2.45, 2.75) is 13.0 Å². The second-order valence-corrected chi connectivity index (χ2v) is 7.09. The minimum absolute atomic E-state index is 0.121. The van der Waals surface area contributed by atoms with Gasteiger partial charge >= 0.3 is 11.9 Å². The molecule has 0 aliphatic rings. The Bertz CT molecular complexity index is 1320. The molecule has 0 saturated heterocycles. The van der Waals surface area contributed by atoms with Gasteiger partial charge in [0, 0.05) is 25.6 Å². The molecule has 0 saturated carbocycles. The van der Waals surface area contributed by atoms with Crippen LogP contribution >= 0.6 is 0 Å². The van der Waals surface area contributed by atoms with Crippen molar-refractivity contribution >= 4 is 23.1 Å². The fraction of sp³-hybridized carbons (Fsp3) is 0.130. The van der Waals surface area contributed by atoms with E-state index in [1.165, 1.54) is 16.7 Å². The number of nitrogens with zero attached hydrogens (tertiary/aromatic N) is 2. The van der Waals surface area contributed by atoms with Gasteiger partial charge in [-0.1, -0.05) is 42.5 Å². The summed E-state index contributed by atoms with van der Waals surface area (Å²) >= 11 is 0. The lowest BCUT2D eigenvalue weighted by atomic mass is 10.0. The van der Waals surface area contributed by atoms with E-state index >= 15 is 0 Å².